The van der Waals surface area contributed by atoms with E-state index in [0.29, 0.717) is 12.1 Å². The summed E-state index contributed by atoms with van der Waals surface area (Å²) in [4.78, 5) is 4.60. The lowest BCUT2D eigenvalue weighted by atomic mass is 9.99. The zero-order chi connectivity index (χ0) is 13.1. The fourth-order valence-electron chi connectivity index (χ4n) is 3.00. The van der Waals surface area contributed by atoms with E-state index in [4.69, 9.17) is 0 Å². The third-order valence-electron chi connectivity index (χ3n) is 3.66. The highest BCUT2D eigenvalue weighted by atomic mass is 32.2. The number of hydrogen-bond donors (Lipinski definition) is 1. The van der Waals surface area contributed by atoms with Crippen molar-refractivity contribution in [3.8, 4) is 0 Å². The van der Waals surface area contributed by atoms with Crippen LogP contribution in [0, 0.1) is 20.8 Å². The number of thioether (sulfide) groups is 1. The fraction of sp³-hybridized carbons (Fsp3) is 0.667. The van der Waals surface area contributed by atoms with Crippen LogP contribution in [0.25, 0.3) is 0 Å². The van der Waals surface area contributed by atoms with E-state index in [-0.39, 0.29) is 0 Å². The maximum Gasteiger partial charge on any atom is 0.0426 e. The average molecular weight is 264 g/mol. The molecule has 0 saturated carbocycles. The molecule has 0 aromatic carbocycles. The number of aryl methyl sites for hydroxylation is 3. The molecule has 2 unspecified atom stereocenters. The molecule has 100 valence electrons. The molecule has 2 rings (SSSR count). The van der Waals surface area contributed by atoms with Gasteiger partial charge in [0.05, 0.1) is 0 Å². The van der Waals surface area contributed by atoms with Crippen molar-refractivity contribution in [2.45, 2.75) is 52.6 Å². The normalized spacial score (nSPS) is 21.9. The lowest BCUT2D eigenvalue weighted by molar-refractivity contribution is 0.449. The standard InChI is InChI=1S/C15H24N2S/c1-10-8-11(2)16-12(3)15(10)13(4)17-14-6-5-7-18-9-14/h8,13-14,17H,5-7,9H2,1-4H3. The molecule has 3 heteroatoms. The number of nitrogens with zero attached hydrogens (tertiary/aromatic N) is 1. The van der Waals surface area contributed by atoms with E-state index in [1.165, 1.54) is 41.2 Å². The van der Waals surface area contributed by atoms with Crippen LogP contribution in [0.5, 0.6) is 0 Å². The first-order valence-corrected chi connectivity index (χ1v) is 8.02. The third-order valence-corrected chi connectivity index (χ3v) is 4.88. The minimum absolute atomic E-state index is 0.404. The van der Waals surface area contributed by atoms with Crippen molar-refractivity contribution in [1.29, 1.82) is 0 Å². The monoisotopic (exact) mass is 264 g/mol. The van der Waals surface area contributed by atoms with Gasteiger partial charge in [0.1, 0.15) is 0 Å². The molecule has 1 aliphatic heterocycles. The Hall–Kier alpha value is -0.540. The van der Waals surface area contributed by atoms with Gasteiger partial charge in [-0.15, -0.1) is 0 Å². The van der Waals surface area contributed by atoms with Crippen LogP contribution in [0.1, 0.15) is 48.3 Å². The summed E-state index contributed by atoms with van der Waals surface area (Å²) in [6.45, 7) is 8.67. The van der Waals surface area contributed by atoms with Crippen LogP contribution < -0.4 is 5.32 Å². The molecule has 2 heterocycles. The van der Waals surface area contributed by atoms with Crippen molar-refractivity contribution >= 4 is 11.8 Å². The Balaban J connectivity index is 2.10. The fourth-order valence-corrected chi connectivity index (χ4v) is 4.08. The van der Waals surface area contributed by atoms with Gasteiger partial charge in [0.25, 0.3) is 0 Å². The SMILES string of the molecule is Cc1cc(C)c(C(C)NC2CCCSC2)c(C)n1. The van der Waals surface area contributed by atoms with Gasteiger partial charge in [-0.25, -0.2) is 0 Å². The quantitative estimate of drug-likeness (QED) is 0.903. The van der Waals surface area contributed by atoms with E-state index in [9.17, 15) is 0 Å². The lowest BCUT2D eigenvalue weighted by Crippen LogP contribution is -2.36. The molecule has 1 aromatic heterocycles. The number of nitrogens with one attached hydrogen (secondary N) is 1. The summed E-state index contributed by atoms with van der Waals surface area (Å²) >= 11 is 2.07. The highest BCUT2D eigenvalue weighted by Gasteiger charge is 2.19. The zero-order valence-corrected chi connectivity index (χ0v) is 12.7. The third kappa shape index (κ3) is 3.27. The molecular formula is C15H24N2S. The summed E-state index contributed by atoms with van der Waals surface area (Å²) in [6.07, 6.45) is 2.66. The minimum Gasteiger partial charge on any atom is -0.307 e. The molecule has 1 fully saturated rings. The predicted molar refractivity (Wildman–Crippen MR) is 80.3 cm³/mol. The van der Waals surface area contributed by atoms with E-state index in [1.807, 2.05) is 0 Å². The maximum absolute atomic E-state index is 4.60. The topological polar surface area (TPSA) is 24.9 Å². The molecule has 2 atom stereocenters. The second-order valence-corrected chi connectivity index (χ2v) is 6.53. The van der Waals surface area contributed by atoms with E-state index in [2.05, 4.69) is 55.8 Å². The molecule has 1 N–H and O–H groups in total. The highest BCUT2D eigenvalue weighted by Crippen LogP contribution is 2.24. The Labute approximate surface area is 115 Å². The summed E-state index contributed by atoms with van der Waals surface area (Å²) < 4.78 is 0. The van der Waals surface area contributed by atoms with E-state index >= 15 is 0 Å². The Morgan fingerprint density at radius 1 is 1.39 bits per heavy atom. The van der Waals surface area contributed by atoms with E-state index < -0.39 is 0 Å². The molecule has 1 saturated heterocycles. The largest absolute Gasteiger partial charge is 0.307 e. The first-order chi connectivity index (χ1) is 8.58. The van der Waals surface area contributed by atoms with Gasteiger partial charge in [-0.3, -0.25) is 4.98 Å². The Bertz CT molecular complexity index is 388. The molecular weight excluding hydrogens is 240 g/mol. The van der Waals surface area contributed by atoms with E-state index in [0.717, 1.165) is 5.69 Å². The van der Waals surface area contributed by atoms with Crippen molar-refractivity contribution in [3.63, 3.8) is 0 Å². The number of pyridine rings is 1. The molecule has 1 aromatic rings. The van der Waals surface area contributed by atoms with Gasteiger partial charge in [-0.05, 0) is 63.5 Å². The first kappa shape index (κ1) is 13.9. The van der Waals surface area contributed by atoms with Crippen LogP contribution in [-0.4, -0.2) is 22.5 Å². The van der Waals surface area contributed by atoms with Crippen LogP contribution in [0.2, 0.25) is 0 Å². The Morgan fingerprint density at radius 2 is 2.17 bits per heavy atom. The van der Waals surface area contributed by atoms with Gasteiger partial charge in [-0.2, -0.15) is 11.8 Å². The van der Waals surface area contributed by atoms with Gasteiger partial charge < -0.3 is 5.32 Å². The van der Waals surface area contributed by atoms with Gasteiger partial charge >= 0.3 is 0 Å². The Kier molecular flexibility index (Phi) is 4.68. The smallest absolute Gasteiger partial charge is 0.0426 e. The van der Waals surface area contributed by atoms with Gasteiger partial charge in [0.15, 0.2) is 0 Å². The van der Waals surface area contributed by atoms with Crippen LogP contribution >= 0.6 is 11.8 Å². The van der Waals surface area contributed by atoms with Crippen LogP contribution in [0.15, 0.2) is 6.07 Å². The number of hydrogen-bond acceptors (Lipinski definition) is 3. The molecule has 0 aliphatic carbocycles. The molecule has 0 radical (unpaired) electrons. The number of aromatic nitrogens is 1. The molecule has 18 heavy (non-hydrogen) atoms. The van der Waals surface area contributed by atoms with Crippen molar-refractivity contribution in [3.05, 3.63) is 28.6 Å². The molecule has 1 aliphatic rings. The van der Waals surface area contributed by atoms with Crippen molar-refractivity contribution < 1.29 is 0 Å². The Morgan fingerprint density at radius 3 is 2.78 bits per heavy atom. The highest BCUT2D eigenvalue weighted by molar-refractivity contribution is 7.99. The molecule has 0 amide bonds. The van der Waals surface area contributed by atoms with Crippen molar-refractivity contribution in [1.82, 2.24) is 10.3 Å². The minimum atomic E-state index is 0.404. The van der Waals surface area contributed by atoms with Gasteiger partial charge in [-0.1, -0.05) is 0 Å². The van der Waals surface area contributed by atoms with E-state index in [1.54, 1.807) is 0 Å². The summed E-state index contributed by atoms with van der Waals surface area (Å²) in [5, 5.41) is 3.78. The molecule has 0 spiro atoms. The van der Waals surface area contributed by atoms with Gasteiger partial charge in [0.2, 0.25) is 0 Å². The second kappa shape index (κ2) is 6.07. The maximum atomic E-state index is 4.60. The summed E-state index contributed by atoms with van der Waals surface area (Å²) in [5.74, 6) is 2.58. The van der Waals surface area contributed by atoms with Crippen molar-refractivity contribution in [2.75, 3.05) is 11.5 Å². The predicted octanol–water partition coefficient (Wildman–Crippen LogP) is 3.55. The summed E-state index contributed by atoms with van der Waals surface area (Å²) in [7, 11) is 0. The molecule has 2 nitrogen and oxygen atoms in total. The molecule has 0 bridgehead atoms. The zero-order valence-electron chi connectivity index (χ0n) is 11.9. The van der Waals surface area contributed by atoms with Crippen LogP contribution in [0.4, 0.5) is 0 Å². The average Bonchev–Trinajstić information content (AvgIpc) is 2.28. The second-order valence-electron chi connectivity index (χ2n) is 5.38. The lowest BCUT2D eigenvalue weighted by Gasteiger charge is -2.28. The summed E-state index contributed by atoms with van der Waals surface area (Å²) in [5.41, 5.74) is 5.05. The summed E-state index contributed by atoms with van der Waals surface area (Å²) in [6, 6.07) is 3.26. The van der Waals surface area contributed by atoms with Gasteiger partial charge in [0, 0.05) is 29.2 Å². The van der Waals surface area contributed by atoms with Crippen LogP contribution in [0.3, 0.4) is 0 Å². The van der Waals surface area contributed by atoms with Crippen LogP contribution in [-0.2, 0) is 0 Å². The number of rotatable bonds is 3. The van der Waals surface area contributed by atoms with Crippen molar-refractivity contribution in [2.24, 2.45) is 0 Å². The first-order valence-electron chi connectivity index (χ1n) is 6.86.